The maximum Gasteiger partial charge on any atom is 0.306 e. The molecule has 3 rings (SSSR count). The Morgan fingerprint density at radius 1 is 1.04 bits per heavy atom. The second kappa shape index (κ2) is 7.64. The van der Waals surface area contributed by atoms with Gasteiger partial charge in [-0.1, -0.05) is 18.2 Å². The summed E-state index contributed by atoms with van der Waals surface area (Å²) < 4.78 is 23.3. The van der Waals surface area contributed by atoms with E-state index < -0.39 is 0 Å². The summed E-state index contributed by atoms with van der Waals surface area (Å²) in [7, 11) is 0. The molecular formula is C19H18FNO3. The van der Waals surface area contributed by atoms with Crippen molar-refractivity contribution in [2.24, 2.45) is 0 Å². The van der Waals surface area contributed by atoms with Crippen LogP contribution in [0.3, 0.4) is 0 Å². The summed E-state index contributed by atoms with van der Waals surface area (Å²) in [5.41, 5.74) is 2.17. The van der Waals surface area contributed by atoms with Crippen molar-refractivity contribution in [3.8, 4) is 5.75 Å². The zero-order chi connectivity index (χ0) is 16.8. The first kappa shape index (κ1) is 16.1. The van der Waals surface area contributed by atoms with E-state index in [9.17, 15) is 9.18 Å². The van der Waals surface area contributed by atoms with Gasteiger partial charge in [0.25, 0.3) is 0 Å². The lowest BCUT2D eigenvalue weighted by atomic mass is 10.1. The highest BCUT2D eigenvalue weighted by Crippen LogP contribution is 2.19. The number of hydrogen-bond acceptors (Lipinski definition) is 3. The number of aromatic nitrogens is 1. The monoisotopic (exact) mass is 327 g/mol. The Balaban J connectivity index is 1.39. The number of H-pyrrole nitrogens is 1. The molecule has 24 heavy (non-hydrogen) atoms. The van der Waals surface area contributed by atoms with E-state index in [4.69, 9.17) is 9.47 Å². The number of benzene rings is 2. The molecule has 0 atom stereocenters. The molecule has 124 valence electrons. The van der Waals surface area contributed by atoms with Crippen molar-refractivity contribution in [1.29, 1.82) is 0 Å². The van der Waals surface area contributed by atoms with Crippen LogP contribution in [0.4, 0.5) is 4.39 Å². The molecule has 0 aliphatic carbocycles. The summed E-state index contributed by atoms with van der Waals surface area (Å²) >= 11 is 0. The number of aryl methyl sites for hydroxylation is 1. The molecule has 0 saturated heterocycles. The van der Waals surface area contributed by atoms with Gasteiger partial charge in [0.2, 0.25) is 0 Å². The number of aromatic amines is 1. The summed E-state index contributed by atoms with van der Waals surface area (Å²) in [5.74, 6) is -0.0275. The molecule has 1 N–H and O–H groups in total. The SMILES string of the molecule is O=C(CCc1c[nH]c2ccccc12)OCCOc1ccc(F)cc1. The van der Waals surface area contributed by atoms with Crippen LogP contribution in [0.1, 0.15) is 12.0 Å². The van der Waals surface area contributed by atoms with Crippen LogP contribution in [-0.4, -0.2) is 24.2 Å². The third kappa shape index (κ3) is 4.13. The summed E-state index contributed by atoms with van der Waals surface area (Å²) in [4.78, 5) is 15.0. The van der Waals surface area contributed by atoms with Gasteiger partial charge in [-0.2, -0.15) is 0 Å². The second-order valence-electron chi connectivity index (χ2n) is 5.38. The zero-order valence-corrected chi connectivity index (χ0v) is 13.1. The van der Waals surface area contributed by atoms with Crippen molar-refractivity contribution in [3.63, 3.8) is 0 Å². The molecule has 0 radical (unpaired) electrons. The minimum atomic E-state index is -0.314. The van der Waals surface area contributed by atoms with E-state index in [0.717, 1.165) is 16.5 Å². The zero-order valence-electron chi connectivity index (χ0n) is 13.1. The van der Waals surface area contributed by atoms with Crippen molar-refractivity contribution in [3.05, 3.63) is 66.1 Å². The Morgan fingerprint density at radius 2 is 1.83 bits per heavy atom. The van der Waals surface area contributed by atoms with E-state index in [0.29, 0.717) is 18.6 Å². The molecule has 2 aromatic carbocycles. The number of halogens is 1. The Morgan fingerprint density at radius 3 is 2.67 bits per heavy atom. The van der Waals surface area contributed by atoms with E-state index in [2.05, 4.69) is 4.98 Å². The Bertz CT molecular complexity index is 811. The molecular weight excluding hydrogens is 309 g/mol. The highest BCUT2D eigenvalue weighted by molar-refractivity contribution is 5.83. The molecule has 0 unspecified atom stereocenters. The second-order valence-corrected chi connectivity index (χ2v) is 5.38. The lowest BCUT2D eigenvalue weighted by molar-refractivity contribution is -0.144. The topological polar surface area (TPSA) is 51.3 Å². The standard InChI is InChI=1S/C19H18FNO3/c20-15-6-8-16(9-7-15)23-11-12-24-19(22)10-5-14-13-21-18-4-2-1-3-17(14)18/h1-4,6-9,13,21H,5,10-12H2. The smallest absolute Gasteiger partial charge is 0.306 e. The number of esters is 1. The van der Waals surface area contributed by atoms with Crippen LogP contribution in [-0.2, 0) is 16.0 Å². The fourth-order valence-corrected chi connectivity index (χ4v) is 2.49. The molecule has 1 aromatic heterocycles. The van der Waals surface area contributed by atoms with Crippen LogP contribution in [0.2, 0.25) is 0 Å². The predicted molar refractivity (Wildman–Crippen MR) is 89.5 cm³/mol. The summed E-state index contributed by atoms with van der Waals surface area (Å²) in [6.45, 7) is 0.411. The van der Waals surface area contributed by atoms with Gasteiger partial charge in [-0.25, -0.2) is 4.39 Å². The largest absolute Gasteiger partial charge is 0.490 e. The summed E-state index contributed by atoms with van der Waals surface area (Å²) in [6.07, 6.45) is 2.87. The van der Waals surface area contributed by atoms with Crippen molar-refractivity contribution >= 4 is 16.9 Å². The molecule has 5 heteroatoms. The Kier molecular flexibility index (Phi) is 5.11. The highest BCUT2D eigenvalue weighted by atomic mass is 19.1. The molecule has 0 aliphatic heterocycles. The average molecular weight is 327 g/mol. The third-order valence-electron chi connectivity index (χ3n) is 3.70. The fraction of sp³-hybridized carbons (Fsp3) is 0.211. The molecule has 0 saturated carbocycles. The van der Waals surface area contributed by atoms with E-state index in [-0.39, 0.29) is 25.0 Å². The van der Waals surface area contributed by atoms with Gasteiger partial charge in [0, 0.05) is 23.5 Å². The summed E-state index contributed by atoms with van der Waals surface area (Å²) in [6, 6.07) is 13.7. The Hall–Kier alpha value is -2.82. The van der Waals surface area contributed by atoms with E-state index in [1.807, 2.05) is 30.5 Å². The van der Waals surface area contributed by atoms with Crippen LogP contribution >= 0.6 is 0 Å². The number of rotatable bonds is 7. The van der Waals surface area contributed by atoms with Gasteiger partial charge in [-0.3, -0.25) is 4.79 Å². The van der Waals surface area contributed by atoms with E-state index >= 15 is 0 Å². The van der Waals surface area contributed by atoms with Crippen LogP contribution < -0.4 is 4.74 Å². The summed E-state index contributed by atoms with van der Waals surface area (Å²) in [5, 5.41) is 1.13. The van der Waals surface area contributed by atoms with Crippen LogP contribution in [0.5, 0.6) is 5.75 Å². The van der Waals surface area contributed by atoms with E-state index in [1.165, 1.54) is 24.3 Å². The number of nitrogens with one attached hydrogen (secondary N) is 1. The predicted octanol–water partition coefficient (Wildman–Crippen LogP) is 3.86. The molecule has 3 aromatic rings. The molecule has 0 amide bonds. The molecule has 1 heterocycles. The highest BCUT2D eigenvalue weighted by Gasteiger charge is 2.07. The van der Waals surface area contributed by atoms with Gasteiger partial charge in [0.15, 0.2) is 0 Å². The maximum absolute atomic E-state index is 12.8. The molecule has 0 aliphatic rings. The first-order chi connectivity index (χ1) is 11.7. The quantitative estimate of drug-likeness (QED) is 0.529. The number of carbonyl (C=O) groups is 1. The van der Waals surface area contributed by atoms with Gasteiger partial charge in [-0.05, 0) is 42.3 Å². The molecule has 4 nitrogen and oxygen atoms in total. The third-order valence-corrected chi connectivity index (χ3v) is 3.70. The van der Waals surface area contributed by atoms with Gasteiger partial charge in [0.05, 0.1) is 0 Å². The lowest BCUT2D eigenvalue weighted by Crippen LogP contribution is -2.12. The van der Waals surface area contributed by atoms with Crippen LogP contribution in [0.15, 0.2) is 54.7 Å². The van der Waals surface area contributed by atoms with Gasteiger partial charge >= 0.3 is 5.97 Å². The van der Waals surface area contributed by atoms with Crippen LogP contribution in [0.25, 0.3) is 10.9 Å². The van der Waals surface area contributed by atoms with E-state index in [1.54, 1.807) is 0 Å². The number of hydrogen-bond donors (Lipinski definition) is 1. The molecule has 0 fully saturated rings. The normalized spacial score (nSPS) is 10.7. The van der Waals surface area contributed by atoms with Crippen molar-refractivity contribution in [2.45, 2.75) is 12.8 Å². The van der Waals surface area contributed by atoms with Crippen molar-refractivity contribution in [1.82, 2.24) is 4.98 Å². The number of fused-ring (bicyclic) bond motifs is 1. The average Bonchev–Trinajstić information content (AvgIpc) is 3.02. The number of para-hydroxylation sites is 1. The van der Waals surface area contributed by atoms with Crippen molar-refractivity contribution < 1.29 is 18.7 Å². The van der Waals surface area contributed by atoms with Gasteiger partial charge in [-0.15, -0.1) is 0 Å². The van der Waals surface area contributed by atoms with Gasteiger partial charge in [0.1, 0.15) is 24.8 Å². The Labute approximate surface area is 139 Å². The number of ether oxygens (including phenoxy) is 2. The minimum Gasteiger partial charge on any atom is -0.490 e. The van der Waals surface area contributed by atoms with Gasteiger partial charge < -0.3 is 14.5 Å². The molecule has 0 spiro atoms. The molecule has 0 bridgehead atoms. The lowest BCUT2D eigenvalue weighted by Gasteiger charge is -2.07. The maximum atomic E-state index is 12.8. The first-order valence-electron chi connectivity index (χ1n) is 7.81. The van der Waals surface area contributed by atoms with Crippen molar-refractivity contribution in [2.75, 3.05) is 13.2 Å². The first-order valence-corrected chi connectivity index (χ1v) is 7.81. The minimum absolute atomic E-state index is 0.171. The number of carbonyl (C=O) groups excluding carboxylic acids is 1. The van der Waals surface area contributed by atoms with Crippen LogP contribution in [0, 0.1) is 5.82 Å². The fourth-order valence-electron chi connectivity index (χ4n) is 2.49.